The van der Waals surface area contributed by atoms with Crippen LogP contribution in [-0.2, 0) is 11.2 Å². The molecule has 2 aromatic heterocycles. The molecule has 2 rings (SSSR count). The lowest BCUT2D eigenvalue weighted by atomic mass is 10.3. The summed E-state index contributed by atoms with van der Waals surface area (Å²) < 4.78 is 0. The number of aromatic nitrogens is 2. The Hall–Kier alpha value is -1.79. The van der Waals surface area contributed by atoms with Crippen molar-refractivity contribution < 1.29 is 9.90 Å². The second kappa shape index (κ2) is 7.72. The van der Waals surface area contributed by atoms with Crippen molar-refractivity contribution in [2.45, 2.75) is 19.3 Å². The fraction of sp³-hybridized carbons (Fsp3) is 0.357. The number of thiazole rings is 1. The molecule has 0 radical (unpaired) electrons. The van der Waals surface area contributed by atoms with Crippen LogP contribution >= 0.6 is 11.3 Å². The van der Waals surface area contributed by atoms with Gasteiger partial charge in [-0.25, -0.2) is 4.98 Å². The maximum atomic E-state index is 10.3. The summed E-state index contributed by atoms with van der Waals surface area (Å²) in [7, 11) is 0. The van der Waals surface area contributed by atoms with Gasteiger partial charge in [-0.15, -0.1) is 11.3 Å². The molecule has 20 heavy (non-hydrogen) atoms. The minimum absolute atomic E-state index is 0.216. The number of hydrogen-bond donors (Lipinski definition) is 2. The van der Waals surface area contributed by atoms with Gasteiger partial charge in [-0.2, -0.15) is 0 Å². The Morgan fingerprint density at radius 2 is 2.20 bits per heavy atom. The summed E-state index contributed by atoms with van der Waals surface area (Å²) in [5.41, 5.74) is 1.81. The molecule has 106 valence electrons. The van der Waals surface area contributed by atoms with Crippen molar-refractivity contribution in [3.05, 3.63) is 34.8 Å². The van der Waals surface area contributed by atoms with Crippen LogP contribution < -0.4 is 5.32 Å². The molecule has 2 aromatic rings. The van der Waals surface area contributed by atoms with Gasteiger partial charge in [-0.3, -0.25) is 9.78 Å². The van der Waals surface area contributed by atoms with Gasteiger partial charge in [0.05, 0.1) is 16.4 Å². The Bertz CT molecular complexity index is 542. The first-order valence-corrected chi connectivity index (χ1v) is 7.42. The van der Waals surface area contributed by atoms with Crippen molar-refractivity contribution >= 4 is 17.3 Å². The van der Waals surface area contributed by atoms with Crippen LogP contribution in [0.15, 0.2) is 29.8 Å². The normalized spacial score (nSPS) is 10.6. The lowest BCUT2D eigenvalue weighted by molar-refractivity contribution is -0.137. The number of carboxylic acids is 1. The fourth-order valence-corrected chi connectivity index (χ4v) is 2.53. The molecule has 0 aliphatic heterocycles. The SMILES string of the molecule is O=C(O)CCCNCCc1nc(-c2ccccn2)cs1. The second-order valence-electron chi connectivity index (χ2n) is 4.34. The minimum atomic E-state index is -0.744. The lowest BCUT2D eigenvalue weighted by Crippen LogP contribution is -2.19. The summed E-state index contributed by atoms with van der Waals surface area (Å²) in [5.74, 6) is -0.744. The van der Waals surface area contributed by atoms with E-state index in [9.17, 15) is 4.79 Å². The minimum Gasteiger partial charge on any atom is -0.481 e. The van der Waals surface area contributed by atoms with Gasteiger partial charge in [0, 0.05) is 31.0 Å². The van der Waals surface area contributed by atoms with Gasteiger partial charge in [-0.1, -0.05) is 6.07 Å². The Labute approximate surface area is 121 Å². The summed E-state index contributed by atoms with van der Waals surface area (Å²) in [4.78, 5) is 19.2. The molecule has 0 bridgehead atoms. The highest BCUT2D eigenvalue weighted by Gasteiger charge is 2.05. The van der Waals surface area contributed by atoms with E-state index in [1.165, 1.54) is 0 Å². The topological polar surface area (TPSA) is 75.1 Å². The smallest absolute Gasteiger partial charge is 0.303 e. The van der Waals surface area contributed by atoms with Gasteiger partial charge < -0.3 is 10.4 Å². The Kier molecular flexibility index (Phi) is 5.64. The van der Waals surface area contributed by atoms with Crippen molar-refractivity contribution in [1.82, 2.24) is 15.3 Å². The van der Waals surface area contributed by atoms with Crippen LogP contribution in [0.2, 0.25) is 0 Å². The van der Waals surface area contributed by atoms with E-state index in [-0.39, 0.29) is 6.42 Å². The first-order chi connectivity index (χ1) is 9.75. The highest BCUT2D eigenvalue weighted by molar-refractivity contribution is 7.09. The summed E-state index contributed by atoms with van der Waals surface area (Å²) in [6.07, 6.45) is 3.49. The third kappa shape index (κ3) is 4.71. The molecule has 0 atom stereocenters. The Balaban J connectivity index is 1.72. The largest absolute Gasteiger partial charge is 0.481 e. The molecule has 0 aliphatic rings. The molecule has 0 fully saturated rings. The van der Waals surface area contributed by atoms with Crippen LogP contribution in [0, 0.1) is 0 Å². The Morgan fingerprint density at radius 3 is 2.95 bits per heavy atom. The van der Waals surface area contributed by atoms with Crippen LogP contribution in [0.25, 0.3) is 11.4 Å². The first kappa shape index (κ1) is 14.6. The van der Waals surface area contributed by atoms with Crippen LogP contribution in [-0.4, -0.2) is 34.1 Å². The average Bonchev–Trinajstić information content (AvgIpc) is 2.92. The molecule has 0 unspecified atom stereocenters. The van der Waals surface area contributed by atoms with E-state index in [4.69, 9.17) is 5.11 Å². The first-order valence-electron chi connectivity index (χ1n) is 6.54. The number of carboxylic acid groups (broad SMARTS) is 1. The molecule has 2 N–H and O–H groups in total. The van der Waals surface area contributed by atoms with Gasteiger partial charge in [0.25, 0.3) is 0 Å². The molecule has 2 heterocycles. The highest BCUT2D eigenvalue weighted by atomic mass is 32.1. The number of pyridine rings is 1. The van der Waals surface area contributed by atoms with Crippen molar-refractivity contribution in [3.8, 4) is 11.4 Å². The molecule has 0 amide bonds. The monoisotopic (exact) mass is 291 g/mol. The number of hydrogen-bond acceptors (Lipinski definition) is 5. The number of nitrogens with one attached hydrogen (secondary N) is 1. The van der Waals surface area contributed by atoms with Crippen LogP contribution in [0.3, 0.4) is 0 Å². The molecule has 5 nitrogen and oxygen atoms in total. The van der Waals surface area contributed by atoms with Gasteiger partial charge in [-0.05, 0) is 25.1 Å². The maximum Gasteiger partial charge on any atom is 0.303 e. The predicted octanol–water partition coefficient (Wildman–Crippen LogP) is 2.20. The summed E-state index contributed by atoms with van der Waals surface area (Å²) in [6, 6.07) is 5.78. The maximum absolute atomic E-state index is 10.3. The molecular formula is C14H17N3O2S. The average molecular weight is 291 g/mol. The van der Waals surface area contributed by atoms with Gasteiger partial charge in [0.2, 0.25) is 0 Å². The number of rotatable bonds is 8. The van der Waals surface area contributed by atoms with E-state index in [1.54, 1.807) is 17.5 Å². The van der Waals surface area contributed by atoms with E-state index in [2.05, 4.69) is 15.3 Å². The number of nitrogens with zero attached hydrogens (tertiary/aromatic N) is 2. The van der Waals surface area contributed by atoms with Gasteiger partial charge in [0.1, 0.15) is 0 Å². The number of carbonyl (C=O) groups is 1. The molecule has 0 aliphatic carbocycles. The van der Waals surface area contributed by atoms with Crippen LogP contribution in [0.5, 0.6) is 0 Å². The highest BCUT2D eigenvalue weighted by Crippen LogP contribution is 2.19. The summed E-state index contributed by atoms with van der Waals surface area (Å²) in [6.45, 7) is 1.54. The predicted molar refractivity (Wildman–Crippen MR) is 78.8 cm³/mol. The zero-order chi connectivity index (χ0) is 14.2. The van der Waals surface area contributed by atoms with Crippen molar-refractivity contribution in [1.29, 1.82) is 0 Å². The molecule has 0 aromatic carbocycles. The van der Waals surface area contributed by atoms with E-state index >= 15 is 0 Å². The molecule has 0 spiro atoms. The molecular weight excluding hydrogens is 274 g/mol. The fourth-order valence-electron chi connectivity index (χ4n) is 1.74. The summed E-state index contributed by atoms with van der Waals surface area (Å²) >= 11 is 1.63. The second-order valence-corrected chi connectivity index (χ2v) is 5.28. The van der Waals surface area contributed by atoms with E-state index in [1.807, 2.05) is 23.6 Å². The quantitative estimate of drug-likeness (QED) is 0.729. The number of aliphatic carboxylic acids is 1. The molecule has 0 saturated carbocycles. The Morgan fingerprint density at radius 1 is 1.30 bits per heavy atom. The molecule has 0 saturated heterocycles. The standard InChI is InChI=1S/C14H17N3O2S/c18-14(19)5-3-7-15-9-6-13-17-12(10-20-13)11-4-1-2-8-16-11/h1-2,4,8,10,15H,3,5-7,9H2,(H,18,19). The molecule has 6 heteroatoms. The zero-order valence-corrected chi connectivity index (χ0v) is 11.9. The van der Waals surface area contributed by atoms with Crippen LogP contribution in [0.4, 0.5) is 0 Å². The zero-order valence-electron chi connectivity index (χ0n) is 11.1. The van der Waals surface area contributed by atoms with E-state index < -0.39 is 5.97 Å². The summed E-state index contributed by atoms with van der Waals surface area (Å²) in [5, 5.41) is 14.8. The van der Waals surface area contributed by atoms with Crippen LogP contribution in [0.1, 0.15) is 17.8 Å². The third-order valence-corrected chi connectivity index (χ3v) is 3.65. The van der Waals surface area contributed by atoms with E-state index in [0.717, 1.165) is 35.9 Å². The third-order valence-electron chi connectivity index (χ3n) is 2.74. The van der Waals surface area contributed by atoms with Gasteiger partial charge >= 0.3 is 5.97 Å². The van der Waals surface area contributed by atoms with Gasteiger partial charge in [0.15, 0.2) is 0 Å². The van der Waals surface area contributed by atoms with Crippen molar-refractivity contribution in [3.63, 3.8) is 0 Å². The lowest BCUT2D eigenvalue weighted by Gasteiger charge is -2.01. The van der Waals surface area contributed by atoms with Crippen molar-refractivity contribution in [2.75, 3.05) is 13.1 Å². The van der Waals surface area contributed by atoms with E-state index in [0.29, 0.717) is 6.42 Å². The van der Waals surface area contributed by atoms with Crippen molar-refractivity contribution in [2.24, 2.45) is 0 Å².